The van der Waals surface area contributed by atoms with Gasteiger partial charge in [-0.1, -0.05) is 23.4 Å². The fourth-order valence-electron chi connectivity index (χ4n) is 1.68. The van der Waals surface area contributed by atoms with Crippen LogP contribution in [0.5, 0.6) is 0 Å². The lowest BCUT2D eigenvalue weighted by atomic mass is 10.2. The molecule has 0 fully saturated rings. The van der Waals surface area contributed by atoms with Crippen molar-refractivity contribution in [2.45, 2.75) is 5.16 Å². The van der Waals surface area contributed by atoms with Gasteiger partial charge in [-0.3, -0.25) is 0 Å². The summed E-state index contributed by atoms with van der Waals surface area (Å²) in [6.07, 6.45) is 1.83. The molecule has 10 heteroatoms. The van der Waals surface area contributed by atoms with Gasteiger partial charge in [0.1, 0.15) is 5.82 Å². The predicted molar refractivity (Wildman–Crippen MR) is 82.9 cm³/mol. The third kappa shape index (κ3) is 2.56. The fourth-order valence-corrected chi connectivity index (χ4v) is 2.59. The normalized spacial score (nSPS) is 11.2. The third-order valence-electron chi connectivity index (χ3n) is 2.64. The molecule has 0 aliphatic carbocycles. The predicted octanol–water partition coefficient (Wildman–Crippen LogP) is 3.05. The van der Waals surface area contributed by atoms with Crippen molar-refractivity contribution in [3.63, 3.8) is 0 Å². The Morgan fingerprint density at radius 2 is 2.10 bits per heavy atom. The number of fused-ring (bicyclic) bond motifs is 1. The molecule has 2 aromatic heterocycles. The molecule has 6 nitrogen and oxygen atoms in total. The van der Waals surface area contributed by atoms with E-state index in [0.717, 1.165) is 0 Å². The van der Waals surface area contributed by atoms with Crippen LogP contribution in [-0.4, -0.2) is 30.8 Å². The van der Waals surface area contributed by atoms with E-state index in [1.54, 1.807) is 6.07 Å². The highest BCUT2D eigenvalue weighted by Gasteiger charge is 2.15. The lowest BCUT2D eigenvalue weighted by Gasteiger charge is -2.00. The first-order chi connectivity index (χ1) is 9.99. The summed E-state index contributed by atoms with van der Waals surface area (Å²) < 4.78 is 15.4. The molecular weight excluding hydrogens is 383 g/mol. The molecular formula is C11H7BrClFN6S. The van der Waals surface area contributed by atoms with Gasteiger partial charge < -0.3 is 5.73 Å². The average Bonchev–Trinajstić information content (AvgIpc) is 2.88. The van der Waals surface area contributed by atoms with E-state index >= 15 is 0 Å². The van der Waals surface area contributed by atoms with Crippen LogP contribution >= 0.6 is 39.3 Å². The van der Waals surface area contributed by atoms with Crippen LogP contribution < -0.4 is 5.73 Å². The number of benzene rings is 1. The third-order valence-corrected chi connectivity index (χ3v) is 4.42. The van der Waals surface area contributed by atoms with Gasteiger partial charge in [0, 0.05) is 10.0 Å². The van der Waals surface area contributed by atoms with E-state index in [-0.39, 0.29) is 16.8 Å². The van der Waals surface area contributed by atoms with E-state index in [2.05, 4.69) is 36.0 Å². The summed E-state index contributed by atoms with van der Waals surface area (Å²) in [6.45, 7) is 0. The fraction of sp³-hybridized carbons (Fsp3) is 0.0909. The zero-order valence-corrected chi connectivity index (χ0v) is 13.7. The second-order valence-corrected chi connectivity index (χ2v) is 5.98. The van der Waals surface area contributed by atoms with E-state index < -0.39 is 5.82 Å². The van der Waals surface area contributed by atoms with Crippen molar-refractivity contribution in [1.82, 2.24) is 24.6 Å². The summed E-state index contributed by atoms with van der Waals surface area (Å²) in [5.74, 6) is 0.180. The minimum Gasteiger partial charge on any atom is -0.368 e. The maximum atomic E-state index is 13.7. The summed E-state index contributed by atoms with van der Waals surface area (Å²) in [5, 5.41) is 4.68. The molecule has 0 radical (unpaired) electrons. The highest BCUT2D eigenvalue weighted by Crippen LogP contribution is 2.30. The van der Waals surface area contributed by atoms with Crippen molar-refractivity contribution in [2.24, 2.45) is 0 Å². The molecule has 2 heterocycles. The number of hydrogen-bond donors (Lipinski definition) is 1. The summed E-state index contributed by atoms with van der Waals surface area (Å²) >= 11 is 10.3. The molecule has 0 unspecified atom stereocenters. The van der Waals surface area contributed by atoms with Crippen molar-refractivity contribution in [3.05, 3.63) is 27.4 Å². The van der Waals surface area contributed by atoms with Gasteiger partial charge in [-0.15, -0.1) is 5.10 Å². The van der Waals surface area contributed by atoms with E-state index in [4.69, 9.17) is 17.3 Å². The van der Waals surface area contributed by atoms with Crippen LogP contribution in [0, 0.1) is 5.82 Å². The Hall–Kier alpha value is -1.45. The lowest BCUT2D eigenvalue weighted by molar-refractivity contribution is 0.627. The topological polar surface area (TPSA) is 82.0 Å². The number of aromatic nitrogens is 5. The first kappa shape index (κ1) is 14.5. The van der Waals surface area contributed by atoms with Gasteiger partial charge in [0.25, 0.3) is 5.78 Å². The largest absolute Gasteiger partial charge is 0.368 e. The Morgan fingerprint density at radius 1 is 1.33 bits per heavy atom. The first-order valence-corrected chi connectivity index (χ1v) is 7.98. The molecule has 0 spiro atoms. The quantitative estimate of drug-likeness (QED) is 0.536. The lowest BCUT2D eigenvalue weighted by Crippen LogP contribution is -2.04. The summed E-state index contributed by atoms with van der Waals surface area (Å²) in [6, 6.07) is 2.88. The van der Waals surface area contributed by atoms with Gasteiger partial charge in [0.2, 0.25) is 5.95 Å². The van der Waals surface area contributed by atoms with Crippen LogP contribution in [0.25, 0.3) is 17.2 Å². The summed E-state index contributed by atoms with van der Waals surface area (Å²) in [4.78, 5) is 12.5. The van der Waals surface area contributed by atoms with Crippen LogP contribution in [0.2, 0.25) is 5.02 Å². The molecule has 1 aromatic carbocycles. The molecule has 108 valence electrons. The van der Waals surface area contributed by atoms with Crippen LogP contribution in [-0.2, 0) is 0 Å². The summed E-state index contributed by atoms with van der Waals surface area (Å²) in [5.41, 5.74) is 6.26. The maximum absolute atomic E-state index is 13.7. The molecule has 0 aliphatic rings. The zero-order chi connectivity index (χ0) is 15.1. The SMILES string of the molecule is CSc1nc(N)n2nc(-c3cc(F)c(Cl)c(Br)c3)nc2n1. The number of hydrogen-bond acceptors (Lipinski definition) is 6. The van der Waals surface area contributed by atoms with Gasteiger partial charge in [0.05, 0.1) is 5.02 Å². The highest BCUT2D eigenvalue weighted by molar-refractivity contribution is 9.10. The Kier molecular flexibility index (Phi) is 3.72. The molecule has 3 rings (SSSR count). The minimum atomic E-state index is -0.566. The molecule has 3 aromatic rings. The van der Waals surface area contributed by atoms with Crippen molar-refractivity contribution in [1.29, 1.82) is 0 Å². The van der Waals surface area contributed by atoms with Crippen LogP contribution in [0.4, 0.5) is 10.3 Å². The first-order valence-electron chi connectivity index (χ1n) is 5.59. The number of nitrogens with two attached hydrogens (primary N) is 1. The van der Waals surface area contributed by atoms with Crippen molar-refractivity contribution >= 4 is 51.0 Å². The maximum Gasteiger partial charge on any atom is 0.258 e. The van der Waals surface area contributed by atoms with E-state index in [9.17, 15) is 4.39 Å². The highest BCUT2D eigenvalue weighted by atomic mass is 79.9. The number of halogens is 3. The molecule has 0 aliphatic heterocycles. The van der Waals surface area contributed by atoms with Gasteiger partial charge in [-0.25, -0.2) is 4.39 Å². The minimum absolute atomic E-state index is 0.00601. The molecule has 0 amide bonds. The molecule has 0 atom stereocenters. The van der Waals surface area contributed by atoms with Crippen molar-refractivity contribution in [3.8, 4) is 11.4 Å². The number of nitrogens with zero attached hydrogens (tertiary/aromatic N) is 5. The van der Waals surface area contributed by atoms with Crippen molar-refractivity contribution in [2.75, 3.05) is 12.0 Å². The number of anilines is 1. The Morgan fingerprint density at radius 3 is 2.76 bits per heavy atom. The second-order valence-electron chi connectivity index (χ2n) is 3.97. The molecule has 0 bridgehead atoms. The molecule has 0 saturated carbocycles. The second kappa shape index (κ2) is 5.39. The van der Waals surface area contributed by atoms with Crippen LogP contribution in [0.1, 0.15) is 0 Å². The van der Waals surface area contributed by atoms with E-state index in [0.29, 0.717) is 21.0 Å². The van der Waals surface area contributed by atoms with Crippen molar-refractivity contribution < 1.29 is 4.39 Å². The Balaban J connectivity index is 2.19. The molecule has 2 N–H and O–H groups in total. The number of rotatable bonds is 2. The monoisotopic (exact) mass is 388 g/mol. The van der Waals surface area contributed by atoms with Gasteiger partial charge in [-0.2, -0.15) is 19.5 Å². The van der Waals surface area contributed by atoms with Crippen LogP contribution in [0.3, 0.4) is 0 Å². The Labute approximate surface area is 136 Å². The standard InChI is InChI=1S/C11H7BrClFN6S/c1-21-11-17-9(15)20-10(18-11)16-8(19-20)4-2-5(12)7(13)6(14)3-4/h2-3H,1H3,(H2,15,16,17,18,19). The Bertz CT molecular complexity index is 831. The number of thioether (sulfide) groups is 1. The van der Waals surface area contributed by atoms with E-state index in [1.165, 1.54) is 22.3 Å². The van der Waals surface area contributed by atoms with Gasteiger partial charge in [-0.05, 0) is 34.3 Å². The smallest absolute Gasteiger partial charge is 0.258 e. The average molecular weight is 390 g/mol. The number of nitrogen functional groups attached to an aromatic ring is 1. The van der Waals surface area contributed by atoms with E-state index in [1.807, 2.05) is 6.26 Å². The van der Waals surface area contributed by atoms with Gasteiger partial charge in [0.15, 0.2) is 11.0 Å². The van der Waals surface area contributed by atoms with Crippen LogP contribution in [0.15, 0.2) is 21.8 Å². The summed E-state index contributed by atoms with van der Waals surface area (Å²) in [7, 11) is 0. The molecule has 0 saturated heterocycles. The zero-order valence-electron chi connectivity index (χ0n) is 10.5. The van der Waals surface area contributed by atoms with Gasteiger partial charge >= 0.3 is 0 Å². The molecule has 21 heavy (non-hydrogen) atoms.